The van der Waals surface area contributed by atoms with E-state index in [4.69, 9.17) is 24.1 Å². The van der Waals surface area contributed by atoms with Crippen LogP contribution in [-0.2, 0) is 35.7 Å². The maximum atomic E-state index is 13.6. The summed E-state index contributed by atoms with van der Waals surface area (Å²) < 4.78 is 23.5. The second-order valence-electron chi connectivity index (χ2n) is 11.0. The number of hydrogen-bond donors (Lipinski definition) is 2. The number of carbonyl (C=O) groups excluding carboxylic acids is 2. The zero-order valence-electron chi connectivity index (χ0n) is 23.6. The summed E-state index contributed by atoms with van der Waals surface area (Å²) in [6.07, 6.45) is -0.610. The van der Waals surface area contributed by atoms with E-state index in [1.165, 1.54) is 0 Å². The van der Waals surface area contributed by atoms with Crippen LogP contribution in [0.5, 0.6) is 11.5 Å². The molecule has 0 aromatic heterocycles. The standard InChI is InChI=1S/C31H35NO9/c1-5-32(3)22-17-19-11-12-20(38-4)27-25(19)30(2)28(41-27)21(15-16-31(22,30)37)39-29(36)26(18-9-7-6-8-10-18)40-24(35)14-13-23(33)34/h6-12,15,22,26,28,37H,5,13-14,16-17H2,1-4H3,(H,33,34)/t22-,26+,28+,30+,31-/m1/s1. The number of carboxylic acids is 1. The number of likely N-dealkylation sites (N-methyl/N-ethyl adjacent to an activating group) is 1. The minimum absolute atomic E-state index is 0.200. The van der Waals surface area contributed by atoms with Gasteiger partial charge in [-0.3, -0.25) is 9.59 Å². The topological polar surface area (TPSA) is 132 Å². The molecule has 10 nitrogen and oxygen atoms in total. The molecule has 0 radical (unpaired) electrons. The number of nitrogens with zero attached hydrogens (tertiary/aromatic N) is 1. The summed E-state index contributed by atoms with van der Waals surface area (Å²) in [5.74, 6) is -1.62. The van der Waals surface area contributed by atoms with Crippen LogP contribution in [0.2, 0.25) is 0 Å². The quantitative estimate of drug-likeness (QED) is 0.414. The van der Waals surface area contributed by atoms with Gasteiger partial charge < -0.3 is 34.1 Å². The molecule has 0 saturated carbocycles. The first-order valence-electron chi connectivity index (χ1n) is 13.7. The third kappa shape index (κ3) is 4.64. The minimum Gasteiger partial charge on any atom is -0.493 e. The van der Waals surface area contributed by atoms with Crippen molar-refractivity contribution in [3.05, 3.63) is 71.0 Å². The number of carbonyl (C=O) groups is 3. The monoisotopic (exact) mass is 565 g/mol. The second kappa shape index (κ2) is 10.8. The molecule has 5 atom stereocenters. The van der Waals surface area contributed by atoms with Gasteiger partial charge in [0.1, 0.15) is 5.76 Å². The van der Waals surface area contributed by atoms with E-state index in [1.54, 1.807) is 43.5 Å². The molecule has 2 aromatic rings. The summed E-state index contributed by atoms with van der Waals surface area (Å²) in [5.41, 5.74) is 0.0190. The van der Waals surface area contributed by atoms with E-state index < -0.39 is 54.0 Å². The Morgan fingerprint density at radius 1 is 1.15 bits per heavy atom. The smallest absolute Gasteiger partial charge is 0.357 e. The number of methoxy groups -OCH3 is 1. The van der Waals surface area contributed by atoms with Crippen molar-refractivity contribution >= 4 is 17.9 Å². The Hall–Kier alpha value is -3.89. The number of aliphatic carboxylic acids is 1. The van der Waals surface area contributed by atoms with E-state index in [9.17, 15) is 19.5 Å². The van der Waals surface area contributed by atoms with Crippen LogP contribution in [0, 0.1) is 0 Å². The van der Waals surface area contributed by atoms with Gasteiger partial charge in [-0.15, -0.1) is 0 Å². The van der Waals surface area contributed by atoms with Gasteiger partial charge in [0, 0.05) is 23.6 Å². The van der Waals surface area contributed by atoms with E-state index in [-0.39, 0.29) is 18.2 Å². The van der Waals surface area contributed by atoms with Gasteiger partial charge in [-0.25, -0.2) is 4.79 Å². The van der Waals surface area contributed by atoms with Crippen LogP contribution in [0.4, 0.5) is 0 Å². The number of esters is 2. The number of aliphatic hydroxyl groups is 1. The van der Waals surface area contributed by atoms with Crippen LogP contribution in [0.3, 0.4) is 0 Å². The van der Waals surface area contributed by atoms with Gasteiger partial charge in [0.2, 0.25) is 6.10 Å². The Labute approximate surface area is 238 Å². The maximum Gasteiger partial charge on any atom is 0.357 e. The molecule has 1 heterocycles. The van der Waals surface area contributed by atoms with Crippen molar-refractivity contribution in [3.63, 3.8) is 0 Å². The predicted molar refractivity (Wildman–Crippen MR) is 146 cm³/mol. The van der Waals surface area contributed by atoms with Crippen LogP contribution < -0.4 is 9.47 Å². The second-order valence-corrected chi connectivity index (χ2v) is 11.0. The van der Waals surface area contributed by atoms with Crippen molar-refractivity contribution in [2.24, 2.45) is 0 Å². The molecule has 2 aliphatic carbocycles. The van der Waals surface area contributed by atoms with Gasteiger partial charge in [0.15, 0.2) is 17.6 Å². The molecule has 218 valence electrons. The highest BCUT2D eigenvalue weighted by molar-refractivity contribution is 5.83. The molecule has 0 amide bonds. The van der Waals surface area contributed by atoms with E-state index in [0.29, 0.717) is 23.5 Å². The van der Waals surface area contributed by atoms with E-state index in [0.717, 1.165) is 17.7 Å². The Morgan fingerprint density at radius 2 is 1.88 bits per heavy atom. The summed E-state index contributed by atoms with van der Waals surface area (Å²) in [6, 6.07) is 12.0. The molecule has 0 bridgehead atoms. The van der Waals surface area contributed by atoms with Gasteiger partial charge in [-0.2, -0.15) is 0 Å². The molecule has 41 heavy (non-hydrogen) atoms. The highest BCUT2D eigenvalue weighted by Crippen LogP contribution is 2.62. The third-order valence-corrected chi connectivity index (χ3v) is 8.80. The lowest BCUT2D eigenvalue weighted by Gasteiger charge is -2.56. The maximum absolute atomic E-state index is 13.6. The fraction of sp³-hybridized carbons (Fsp3) is 0.452. The highest BCUT2D eigenvalue weighted by Gasteiger charge is 2.68. The van der Waals surface area contributed by atoms with Crippen LogP contribution in [-0.4, -0.2) is 71.5 Å². The van der Waals surface area contributed by atoms with E-state index >= 15 is 0 Å². The van der Waals surface area contributed by atoms with E-state index in [2.05, 4.69) is 4.90 Å². The first kappa shape index (κ1) is 28.6. The zero-order valence-corrected chi connectivity index (χ0v) is 23.6. The number of rotatable bonds is 10. The molecular formula is C31H35NO9. The SMILES string of the molecule is CCN(C)[C@@H]1Cc2ccc(OC)c3c2[C@@]2(C)[C@@H](O3)C(OC(=O)[C@@H](OC(=O)CCC(=O)O)c3ccccc3)=CC[C@@]12O. The number of ether oxygens (including phenoxy) is 4. The molecule has 2 aromatic carbocycles. The van der Waals surface area contributed by atoms with Gasteiger partial charge in [-0.05, 0) is 44.6 Å². The molecule has 0 fully saturated rings. The van der Waals surface area contributed by atoms with Crippen molar-refractivity contribution in [1.82, 2.24) is 4.90 Å². The van der Waals surface area contributed by atoms with Crippen molar-refractivity contribution < 1.29 is 43.5 Å². The Kier molecular flexibility index (Phi) is 7.56. The lowest BCUT2D eigenvalue weighted by molar-refractivity contribution is -0.170. The fourth-order valence-corrected chi connectivity index (χ4v) is 6.49. The van der Waals surface area contributed by atoms with Crippen LogP contribution >= 0.6 is 0 Å². The van der Waals surface area contributed by atoms with Gasteiger partial charge in [0.05, 0.1) is 31.0 Å². The molecule has 0 spiro atoms. The van der Waals surface area contributed by atoms with Crippen LogP contribution in [0.15, 0.2) is 54.3 Å². The predicted octanol–water partition coefficient (Wildman–Crippen LogP) is 3.30. The largest absolute Gasteiger partial charge is 0.493 e. The van der Waals surface area contributed by atoms with E-state index in [1.807, 2.05) is 33.0 Å². The highest BCUT2D eigenvalue weighted by atomic mass is 16.6. The van der Waals surface area contributed by atoms with Gasteiger partial charge in [0.25, 0.3) is 0 Å². The van der Waals surface area contributed by atoms with Gasteiger partial charge >= 0.3 is 17.9 Å². The molecule has 2 N–H and O–H groups in total. The zero-order chi connectivity index (χ0) is 29.5. The average Bonchev–Trinajstić information content (AvgIpc) is 3.30. The number of carboxylic acid groups (broad SMARTS) is 1. The average molecular weight is 566 g/mol. The van der Waals surface area contributed by atoms with Crippen molar-refractivity contribution in [2.45, 2.75) is 68.8 Å². The minimum atomic E-state index is -1.42. The lowest BCUT2D eigenvalue weighted by Crippen LogP contribution is -2.69. The first-order valence-corrected chi connectivity index (χ1v) is 13.7. The molecule has 10 heteroatoms. The molecule has 5 rings (SSSR count). The van der Waals surface area contributed by atoms with Crippen LogP contribution in [0.1, 0.15) is 55.9 Å². The first-order chi connectivity index (χ1) is 19.5. The summed E-state index contributed by atoms with van der Waals surface area (Å²) in [5, 5.41) is 21.4. The lowest BCUT2D eigenvalue weighted by atomic mass is 9.54. The molecule has 0 unspecified atom stereocenters. The summed E-state index contributed by atoms with van der Waals surface area (Å²) in [7, 11) is 3.53. The Balaban J connectivity index is 1.51. The Morgan fingerprint density at radius 3 is 2.54 bits per heavy atom. The van der Waals surface area contributed by atoms with Crippen LogP contribution in [0.25, 0.3) is 0 Å². The molecule has 3 aliphatic rings. The van der Waals surface area contributed by atoms with Crippen molar-refractivity contribution in [2.75, 3.05) is 20.7 Å². The van der Waals surface area contributed by atoms with Gasteiger partial charge in [-0.1, -0.05) is 43.3 Å². The number of benzene rings is 2. The number of hydrogen-bond acceptors (Lipinski definition) is 9. The molecule has 1 aliphatic heterocycles. The summed E-state index contributed by atoms with van der Waals surface area (Å²) in [4.78, 5) is 39.2. The molecule has 0 saturated heterocycles. The fourth-order valence-electron chi connectivity index (χ4n) is 6.49. The summed E-state index contributed by atoms with van der Waals surface area (Å²) >= 11 is 0. The normalized spacial score (nSPS) is 26.3. The summed E-state index contributed by atoms with van der Waals surface area (Å²) in [6.45, 7) is 4.70. The Bertz CT molecular complexity index is 1390. The molecular weight excluding hydrogens is 530 g/mol. The van der Waals surface area contributed by atoms with Crippen molar-refractivity contribution in [1.29, 1.82) is 0 Å². The third-order valence-electron chi connectivity index (χ3n) is 8.80. The van der Waals surface area contributed by atoms with Crippen molar-refractivity contribution in [3.8, 4) is 11.5 Å².